The molecule has 0 aliphatic carbocycles. The third kappa shape index (κ3) is 5.39. The molecule has 12 aromatic rings. The second-order valence-electron chi connectivity index (χ2n) is 12.7. The Balaban J connectivity index is 0.000000100. The van der Waals surface area contributed by atoms with Gasteiger partial charge in [0.25, 0.3) is 0 Å². The maximum atomic E-state index is 5.88. The molecule has 6 heterocycles. The second kappa shape index (κ2) is 13.2. The summed E-state index contributed by atoms with van der Waals surface area (Å²) in [5.74, 6) is 0. The number of nitrogens with zero attached hydrogens (tertiary/aromatic N) is 3. The first-order valence-electron chi connectivity index (χ1n) is 17.5. The van der Waals surface area contributed by atoms with Crippen molar-refractivity contribution in [3.63, 3.8) is 0 Å². The predicted octanol–water partition coefficient (Wildman–Crippen LogP) is 11.9. The molecule has 0 aliphatic rings. The van der Waals surface area contributed by atoms with E-state index in [2.05, 4.69) is 30.6 Å². The minimum absolute atomic E-state index is 0.822. The van der Waals surface area contributed by atoms with Crippen LogP contribution in [0.1, 0.15) is 0 Å². The second-order valence-corrected chi connectivity index (χ2v) is 12.7. The van der Waals surface area contributed by atoms with Gasteiger partial charge in [0.2, 0.25) is 0 Å². The van der Waals surface area contributed by atoms with Gasteiger partial charge >= 0.3 is 0 Å². The largest absolute Gasteiger partial charge is 0.452 e. The number of furan rings is 3. The van der Waals surface area contributed by atoms with Crippen LogP contribution < -0.4 is 0 Å². The van der Waals surface area contributed by atoms with E-state index in [1.165, 1.54) is 0 Å². The molecule has 0 fully saturated rings. The molecule has 0 radical (unpaired) electrons. The van der Waals surface area contributed by atoms with E-state index < -0.39 is 0 Å². The minimum atomic E-state index is 0.822. The van der Waals surface area contributed by atoms with Gasteiger partial charge in [0.1, 0.15) is 50.4 Å². The lowest BCUT2D eigenvalue weighted by Crippen LogP contribution is -1.77. The van der Waals surface area contributed by atoms with Crippen LogP contribution >= 0.6 is 0 Å². The van der Waals surface area contributed by atoms with E-state index in [1.54, 1.807) is 0 Å². The van der Waals surface area contributed by atoms with Crippen LogP contribution in [0.3, 0.4) is 0 Å². The highest BCUT2D eigenvalue weighted by atomic mass is 16.3. The lowest BCUT2D eigenvalue weighted by molar-refractivity contribution is 0.669. The topological polar surface area (TPSA) is 125 Å². The molecule has 258 valence electrons. The fourth-order valence-corrected chi connectivity index (χ4v) is 6.83. The summed E-state index contributed by atoms with van der Waals surface area (Å²) in [7, 11) is 0. The third-order valence-electron chi connectivity index (χ3n) is 9.41. The van der Waals surface area contributed by atoms with Crippen molar-refractivity contribution in [1.29, 1.82) is 0 Å². The Hall–Kier alpha value is -7.65. The SMILES string of the molecule is c1ccc(-c2n[nH]c3c2oc2ccccc23)cc1.c1ccc(-c2n[nH]c3c2oc2ccccc23)cc1.c1ccc(-c2n[nH]c3c2oc2ccccc23)cc1. The normalized spacial score (nSPS) is 11.3. The predicted molar refractivity (Wildman–Crippen MR) is 214 cm³/mol. The van der Waals surface area contributed by atoms with Gasteiger partial charge in [-0.2, -0.15) is 15.3 Å². The molecule has 6 aromatic carbocycles. The van der Waals surface area contributed by atoms with Crippen molar-refractivity contribution in [3.8, 4) is 33.8 Å². The van der Waals surface area contributed by atoms with Crippen molar-refractivity contribution < 1.29 is 13.3 Å². The van der Waals surface area contributed by atoms with Gasteiger partial charge in [-0.3, -0.25) is 15.3 Å². The summed E-state index contributed by atoms with van der Waals surface area (Å²) in [6.07, 6.45) is 0. The molecular formula is C45H30N6O3. The molecule has 0 atom stereocenters. The Bertz CT molecular complexity index is 2820. The van der Waals surface area contributed by atoms with Crippen LogP contribution in [0.2, 0.25) is 0 Å². The Labute approximate surface area is 306 Å². The number of aromatic nitrogens is 6. The molecule has 3 N–H and O–H groups in total. The molecule has 9 heteroatoms. The van der Waals surface area contributed by atoms with Crippen molar-refractivity contribution in [1.82, 2.24) is 30.6 Å². The molecule has 0 saturated heterocycles. The first-order valence-corrected chi connectivity index (χ1v) is 17.5. The maximum Gasteiger partial charge on any atom is 0.181 e. The Morgan fingerprint density at radius 2 is 0.556 bits per heavy atom. The van der Waals surface area contributed by atoms with Crippen LogP contribution in [0, 0.1) is 0 Å². The highest BCUT2D eigenvalue weighted by molar-refractivity contribution is 6.08. The number of aromatic amines is 3. The van der Waals surface area contributed by atoms with E-state index in [1.807, 2.05) is 164 Å². The summed E-state index contributed by atoms with van der Waals surface area (Å²) in [4.78, 5) is 0. The highest BCUT2D eigenvalue weighted by Gasteiger charge is 2.17. The van der Waals surface area contributed by atoms with E-state index in [0.29, 0.717) is 0 Å². The monoisotopic (exact) mass is 702 g/mol. The summed E-state index contributed by atoms with van der Waals surface area (Å²) >= 11 is 0. The number of rotatable bonds is 3. The molecule has 0 saturated carbocycles. The summed E-state index contributed by atoms with van der Waals surface area (Å²) < 4.78 is 17.7. The van der Waals surface area contributed by atoms with E-state index in [9.17, 15) is 0 Å². The number of nitrogens with one attached hydrogen (secondary N) is 3. The van der Waals surface area contributed by atoms with Gasteiger partial charge in [-0.25, -0.2) is 0 Å². The number of para-hydroxylation sites is 3. The fourth-order valence-electron chi connectivity index (χ4n) is 6.83. The zero-order valence-electron chi connectivity index (χ0n) is 28.7. The zero-order chi connectivity index (χ0) is 35.8. The van der Waals surface area contributed by atoms with Crippen LogP contribution in [0.15, 0.2) is 177 Å². The van der Waals surface area contributed by atoms with Gasteiger partial charge in [0.05, 0.1) is 0 Å². The van der Waals surface area contributed by atoms with Gasteiger partial charge in [0.15, 0.2) is 16.7 Å². The minimum Gasteiger partial charge on any atom is -0.452 e. The Kier molecular flexibility index (Phi) is 7.58. The molecule has 0 amide bonds. The lowest BCUT2D eigenvalue weighted by atomic mass is 10.1. The number of hydrogen-bond donors (Lipinski definition) is 3. The molecular weight excluding hydrogens is 673 g/mol. The average molecular weight is 703 g/mol. The number of fused-ring (bicyclic) bond motifs is 9. The fraction of sp³-hybridized carbons (Fsp3) is 0. The van der Waals surface area contributed by atoms with E-state index >= 15 is 0 Å². The first kappa shape index (κ1) is 31.1. The summed E-state index contributed by atoms with van der Waals surface area (Å²) in [5, 5.41) is 25.5. The quantitative estimate of drug-likeness (QED) is 0.168. The highest BCUT2D eigenvalue weighted by Crippen LogP contribution is 2.36. The Morgan fingerprint density at radius 3 is 0.852 bits per heavy atom. The lowest BCUT2D eigenvalue weighted by Gasteiger charge is -1.93. The molecule has 9 nitrogen and oxygen atoms in total. The Morgan fingerprint density at radius 1 is 0.296 bits per heavy atom. The number of hydrogen-bond acceptors (Lipinski definition) is 6. The molecule has 0 bridgehead atoms. The third-order valence-corrected chi connectivity index (χ3v) is 9.41. The molecule has 0 spiro atoms. The molecule has 0 aliphatic heterocycles. The summed E-state index contributed by atoms with van der Waals surface area (Å²) in [5.41, 5.74) is 13.8. The first-order chi connectivity index (χ1) is 26.8. The van der Waals surface area contributed by atoms with E-state index in [-0.39, 0.29) is 0 Å². The van der Waals surface area contributed by atoms with Gasteiger partial charge in [-0.1, -0.05) is 127 Å². The van der Waals surface area contributed by atoms with Crippen LogP contribution in [-0.4, -0.2) is 30.6 Å². The maximum absolute atomic E-state index is 5.88. The van der Waals surface area contributed by atoms with Crippen LogP contribution in [0.25, 0.3) is 100.0 Å². The van der Waals surface area contributed by atoms with Gasteiger partial charge in [-0.05, 0) is 36.4 Å². The summed E-state index contributed by atoms with van der Waals surface area (Å²) in [6.45, 7) is 0. The van der Waals surface area contributed by atoms with Crippen molar-refractivity contribution >= 4 is 66.2 Å². The molecule has 0 unspecified atom stereocenters. The van der Waals surface area contributed by atoms with Crippen LogP contribution in [0.5, 0.6) is 0 Å². The van der Waals surface area contributed by atoms with Crippen molar-refractivity contribution in [2.24, 2.45) is 0 Å². The van der Waals surface area contributed by atoms with Crippen LogP contribution in [-0.2, 0) is 0 Å². The summed E-state index contributed by atoms with van der Waals surface area (Å²) in [6, 6.07) is 54.1. The number of H-pyrrole nitrogens is 3. The van der Waals surface area contributed by atoms with E-state index in [0.717, 1.165) is 100.0 Å². The van der Waals surface area contributed by atoms with Crippen molar-refractivity contribution in [2.75, 3.05) is 0 Å². The van der Waals surface area contributed by atoms with Crippen molar-refractivity contribution in [2.45, 2.75) is 0 Å². The smallest absolute Gasteiger partial charge is 0.181 e. The van der Waals surface area contributed by atoms with Gasteiger partial charge in [0, 0.05) is 32.8 Å². The van der Waals surface area contributed by atoms with Crippen LogP contribution in [0.4, 0.5) is 0 Å². The van der Waals surface area contributed by atoms with E-state index in [4.69, 9.17) is 13.3 Å². The zero-order valence-corrected chi connectivity index (χ0v) is 28.7. The molecule has 12 rings (SSSR count). The van der Waals surface area contributed by atoms with Gasteiger partial charge < -0.3 is 13.3 Å². The van der Waals surface area contributed by atoms with Crippen molar-refractivity contribution in [3.05, 3.63) is 164 Å². The molecule has 54 heavy (non-hydrogen) atoms. The molecule has 6 aromatic heterocycles. The standard InChI is InChI=1S/3C15H10N2O/c3*1-2-6-10(7-3-1)13-15-14(17-16-13)11-8-4-5-9-12(11)18-15/h3*1-9H,(H,16,17). The average Bonchev–Trinajstić information content (AvgIpc) is 4.09. The van der Waals surface area contributed by atoms with Gasteiger partial charge in [-0.15, -0.1) is 0 Å². The number of benzene rings is 6.